The molecule has 0 bridgehead atoms. The molecule has 1 fully saturated rings. The fourth-order valence-electron chi connectivity index (χ4n) is 2.13. The molecule has 0 amide bonds. The van der Waals surface area contributed by atoms with Crippen LogP contribution in [0.5, 0.6) is 0 Å². The Balaban J connectivity index is 2.06. The second kappa shape index (κ2) is 5.35. The summed E-state index contributed by atoms with van der Waals surface area (Å²) in [7, 11) is 0. The van der Waals surface area contributed by atoms with E-state index in [0.717, 1.165) is 12.8 Å². The predicted octanol–water partition coefficient (Wildman–Crippen LogP) is 2.69. The van der Waals surface area contributed by atoms with E-state index in [9.17, 15) is 10.1 Å². The van der Waals surface area contributed by atoms with E-state index >= 15 is 0 Å². The minimum Gasteiger partial charge on any atom is -0.362 e. The lowest BCUT2D eigenvalue weighted by Gasteiger charge is -2.13. The summed E-state index contributed by atoms with van der Waals surface area (Å²) < 4.78 is 0. The average Bonchev–Trinajstić information content (AvgIpc) is 2.77. The fourth-order valence-corrected chi connectivity index (χ4v) is 2.93. The van der Waals surface area contributed by atoms with Gasteiger partial charge in [-0.05, 0) is 31.6 Å². The van der Waals surface area contributed by atoms with Gasteiger partial charge < -0.3 is 5.32 Å². The van der Waals surface area contributed by atoms with Crippen LogP contribution in [0.4, 0.5) is 11.5 Å². The smallest absolute Gasteiger partial charge is 0.311 e. The minimum absolute atomic E-state index is 0.0556. The zero-order chi connectivity index (χ0) is 12.3. The zero-order valence-electron chi connectivity index (χ0n) is 9.63. The van der Waals surface area contributed by atoms with Gasteiger partial charge in [-0.25, -0.2) is 4.98 Å². The Hall–Kier alpha value is -1.30. The van der Waals surface area contributed by atoms with E-state index in [1.165, 1.54) is 12.5 Å². The zero-order valence-corrected chi connectivity index (χ0v) is 10.4. The van der Waals surface area contributed by atoms with Gasteiger partial charge in [0.1, 0.15) is 0 Å². The van der Waals surface area contributed by atoms with Crippen LogP contribution in [0.25, 0.3) is 0 Å². The lowest BCUT2D eigenvalue weighted by molar-refractivity contribution is -0.384. The maximum atomic E-state index is 10.8. The van der Waals surface area contributed by atoms with Gasteiger partial charge in [-0.3, -0.25) is 10.1 Å². The van der Waals surface area contributed by atoms with Crippen molar-refractivity contribution in [2.45, 2.75) is 30.6 Å². The molecule has 0 spiro atoms. The number of thioether (sulfide) groups is 1. The third-order valence-electron chi connectivity index (χ3n) is 3.04. The molecule has 92 valence electrons. The molecule has 17 heavy (non-hydrogen) atoms. The topological polar surface area (TPSA) is 68.1 Å². The summed E-state index contributed by atoms with van der Waals surface area (Å²) in [6.07, 6.45) is 6.96. The van der Waals surface area contributed by atoms with Crippen molar-refractivity contribution in [3.05, 3.63) is 28.4 Å². The molecule has 2 atom stereocenters. The number of rotatable bonds is 4. The van der Waals surface area contributed by atoms with Crippen molar-refractivity contribution in [1.29, 1.82) is 0 Å². The monoisotopic (exact) mass is 253 g/mol. The van der Waals surface area contributed by atoms with Gasteiger partial charge in [0.05, 0.1) is 4.92 Å². The van der Waals surface area contributed by atoms with E-state index in [1.807, 2.05) is 11.8 Å². The highest BCUT2D eigenvalue weighted by Crippen LogP contribution is 2.31. The van der Waals surface area contributed by atoms with Gasteiger partial charge in [0.2, 0.25) is 5.82 Å². The largest absolute Gasteiger partial charge is 0.362 e. The van der Waals surface area contributed by atoms with Crippen LogP contribution in [0.3, 0.4) is 0 Å². The molecule has 2 rings (SSSR count). The Labute approximate surface area is 104 Å². The van der Waals surface area contributed by atoms with Crippen LogP contribution in [0.15, 0.2) is 18.3 Å². The van der Waals surface area contributed by atoms with Crippen LogP contribution >= 0.6 is 11.8 Å². The molecule has 1 aromatic heterocycles. The third kappa shape index (κ3) is 2.88. The van der Waals surface area contributed by atoms with Crippen molar-refractivity contribution in [3.8, 4) is 0 Å². The number of nitrogens with zero attached hydrogens (tertiary/aromatic N) is 2. The van der Waals surface area contributed by atoms with Gasteiger partial charge in [0.25, 0.3) is 0 Å². The molecule has 5 nitrogen and oxygen atoms in total. The molecule has 1 heterocycles. The van der Waals surface area contributed by atoms with E-state index in [-0.39, 0.29) is 5.69 Å². The molecule has 0 radical (unpaired) electrons. The van der Waals surface area contributed by atoms with Gasteiger partial charge in [0, 0.05) is 23.6 Å². The number of hydrogen-bond donors (Lipinski definition) is 1. The Morgan fingerprint density at radius 2 is 2.41 bits per heavy atom. The average molecular weight is 253 g/mol. The summed E-state index contributed by atoms with van der Waals surface area (Å²) in [5, 5.41) is 14.7. The van der Waals surface area contributed by atoms with Crippen molar-refractivity contribution >= 4 is 23.3 Å². The van der Waals surface area contributed by atoms with E-state index in [2.05, 4.69) is 16.6 Å². The Morgan fingerprint density at radius 1 is 1.59 bits per heavy atom. The summed E-state index contributed by atoms with van der Waals surface area (Å²) in [5.41, 5.74) is 0.0556. The normalized spacial score (nSPS) is 23.6. The Morgan fingerprint density at radius 3 is 3.06 bits per heavy atom. The first-order valence-corrected chi connectivity index (χ1v) is 6.88. The van der Waals surface area contributed by atoms with Crippen LogP contribution in [0.1, 0.15) is 19.3 Å². The lowest BCUT2D eigenvalue weighted by Crippen LogP contribution is -2.17. The molecule has 0 saturated heterocycles. The standard InChI is InChI=1S/C11H15N3O2S/c1-17-9-5-4-8(7-9)13-11-10(14(15)16)3-2-6-12-11/h2-3,6,8-9H,4-5,7H2,1H3,(H,12,13). The first-order chi connectivity index (χ1) is 8.20. The third-order valence-corrected chi connectivity index (χ3v) is 4.14. The summed E-state index contributed by atoms with van der Waals surface area (Å²) in [4.78, 5) is 14.5. The van der Waals surface area contributed by atoms with Crippen LogP contribution in [-0.2, 0) is 0 Å². The highest BCUT2D eigenvalue weighted by molar-refractivity contribution is 7.99. The maximum Gasteiger partial charge on any atom is 0.311 e. The first kappa shape index (κ1) is 12.2. The Bertz CT molecular complexity index is 413. The van der Waals surface area contributed by atoms with Crippen LogP contribution < -0.4 is 5.32 Å². The SMILES string of the molecule is CSC1CCC(Nc2ncccc2[N+](=O)[O-])C1. The van der Waals surface area contributed by atoms with E-state index in [0.29, 0.717) is 17.1 Å². The quantitative estimate of drug-likeness (QED) is 0.660. The molecular weight excluding hydrogens is 238 g/mol. The maximum absolute atomic E-state index is 10.8. The molecule has 1 aromatic rings. The molecule has 1 N–H and O–H groups in total. The fraction of sp³-hybridized carbons (Fsp3) is 0.545. The van der Waals surface area contributed by atoms with Crippen LogP contribution in [0.2, 0.25) is 0 Å². The first-order valence-electron chi connectivity index (χ1n) is 5.59. The van der Waals surface area contributed by atoms with E-state index in [1.54, 1.807) is 12.3 Å². The molecule has 6 heteroatoms. The van der Waals surface area contributed by atoms with Crippen molar-refractivity contribution in [2.24, 2.45) is 0 Å². The number of anilines is 1. The second-order valence-corrected chi connectivity index (χ2v) is 5.28. The molecule has 0 aromatic carbocycles. The van der Waals surface area contributed by atoms with E-state index in [4.69, 9.17) is 0 Å². The second-order valence-electron chi connectivity index (χ2n) is 4.14. The van der Waals surface area contributed by atoms with Crippen LogP contribution in [0, 0.1) is 10.1 Å². The number of nitrogens with one attached hydrogen (secondary N) is 1. The number of aromatic nitrogens is 1. The molecule has 1 saturated carbocycles. The Kier molecular flexibility index (Phi) is 3.83. The number of hydrogen-bond acceptors (Lipinski definition) is 5. The van der Waals surface area contributed by atoms with Crippen molar-refractivity contribution in [1.82, 2.24) is 4.98 Å². The van der Waals surface area contributed by atoms with Gasteiger partial charge in [0.15, 0.2) is 0 Å². The molecule has 1 aliphatic rings. The predicted molar refractivity (Wildman–Crippen MR) is 69.5 cm³/mol. The number of pyridine rings is 1. The molecule has 2 unspecified atom stereocenters. The van der Waals surface area contributed by atoms with Crippen molar-refractivity contribution < 1.29 is 4.92 Å². The summed E-state index contributed by atoms with van der Waals surface area (Å²) >= 11 is 1.86. The van der Waals surface area contributed by atoms with Crippen molar-refractivity contribution in [3.63, 3.8) is 0 Å². The molecular formula is C11H15N3O2S. The number of nitro groups is 1. The van der Waals surface area contributed by atoms with Crippen molar-refractivity contribution in [2.75, 3.05) is 11.6 Å². The molecule has 1 aliphatic carbocycles. The summed E-state index contributed by atoms with van der Waals surface area (Å²) in [6.45, 7) is 0. The van der Waals surface area contributed by atoms with Crippen LogP contribution in [-0.4, -0.2) is 27.5 Å². The minimum atomic E-state index is -0.393. The summed E-state index contributed by atoms with van der Waals surface area (Å²) in [5.74, 6) is 0.393. The van der Waals surface area contributed by atoms with Gasteiger partial charge in [-0.2, -0.15) is 11.8 Å². The lowest BCUT2D eigenvalue weighted by atomic mass is 10.2. The van der Waals surface area contributed by atoms with E-state index < -0.39 is 4.92 Å². The van der Waals surface area contributed by atoms with Gasteiger partial charge in [-0.15, -0.1) is 0 Å². The van der Waals surface area contributed by atoms with Gasteiger partial charge in [-0.1, -0.05) is 0 Å². The molecule has 0 aliphatic heterocycles. The summed E-state index contributed by atoms with van der Waals surface area (Å²) in [6, 6.07) is 3.37. The highest BCUT2D eigenvalue weighted by Gasteiger charge is 2.26. The highest BCUT2D eigenvalue weighted by atomic mass is 32.2. The van der Waals surface area contributed by atoms with Gasteiger partial charge >= 0.3 is 5.69 Å².